The summed E-state index contributed by atoms with van der Waals surface area (Å²) in [5.74, 6) is 1.34. The largest absolute Gasteiger partial charge is 0.508 e. The number of benzene rings is 1. The Labute approximate surface area is 167 Å². The molecule has 3 heterocycles. The first kappa shape index (κ1) is 19.2. The van der Waals surface area contributed by atoms with E-state index in [1.165, 1.54) is 18.3 Å². The molecule has 0 saturated carbocycles. The summed E-state index contributed by atoms with van der Waals surface area (Å²) in [7, 11) is 0. The van der Waals surface area contributed by atoms with Crippen LogP contribution in [0.4, 0.5) is 17.8 Å². The predicted molar refractivity (Wildman–Crippen MR) is 107 cm³/mol. The molecule has 0 spiro atoms. The van der Waals surface area contributed by atoms with Gasteiger partial charge in [-0.25, -0.2) is 5.43 Å². The van der Waals surface area contributed by atoms with E-state index in [2.05, 4.69) is 35.3 Å². The number of anilines is 3. The number of hydrazone groups is 1. The maximum Gasteiger partial charge on any atom is 0.250 e. The fourth-order valence-corrected chi connectivity index (χ4v) is 3.01. The highest BCUT2D eigenvalue weighted by Gasteiger charge is 2.20. The van der Waals surface area contributed by atoms with Crippen LogP contribution in [0.15, 0.2) is 23.3 Å². The van der Waals surface area contributed by atoms with Gasteiger partial charge in [0.1, 0.15) is 11.5 Å². The molecule has 0 aliphatic carbocycles. The van der Waals surface area contributed by atoms with Gasteiger partial charge in [0.2, 0.25) is 17.8 Å². The molecule has 2 aliphatic rings. The second kappa shape index (κ2) is 8.88. The summed E-state index contributed by atoms with van der Waals surface area (Å²) in [6, 6.07) is 4.27. The van der Waals surface area contributed by atoms with Gasteiger partial charge >= 0.3 is 0 Å². The van der Waals surface area contributed by atoms with E-state index in [-0.39, 0.29) is 11.5 Å². The lowest BCUT2D eigenvalue weighted by Crippen LogP contribution is -2.40. The van der Waals surface area contributed by atoms with Crippen LogP contribution < -0.4 is 15.2 Å². The molecule has 0 atom stereocenters. The highest BCUT2D eigenvalue weighted by Crippen LogP contribution is 2.21. The van der Waals surface area contributed by atoms with Crippen molar-refractivity contribution in [3.63, 3.8) is 0 Å². The standard InChI is InChI=1S/C18H23N7O4/c26-14-2-1-13(15(27)11-14)12-19-23-16-20-17(24-3-7-28-8-4-24)22-18(21-16)25-5-9-29-10-6-25/h1-2,11-12,26-27H,3-10H2,(H,20,21,22,23). The highest BCUT2D eigenvalue weighted by atomic mass is 16.5. The van der Waals surface area contributed by atoms with Gasteiger partial charge in [0.05, 0.1) is 32.6 Å². The monoisotopic (exact) mass is 401 g/mol. The summed E-state index contributed by atoms with van der Waals surface area (Å²) in [5, 5.41) is 23.4. The lowest BCUT2D eigenvalue weighted by molar-refractivity contribution is 0.121. The Morgan fingerprint density at radius 1 is 0.897 bits per heavy atom. The number of hydrogen-bond donors (Lipinski definition) is 3. The van der Waals surface area contributed by atoms with Crippen molar-refractivity contribution in [1.82, 2.24) is 15.0 Å². The third kappa shape index (κ3) is 4.81. The summed E-state index contributed by atoms with van der Waals surface area (Å²) < 4.78 is 10.8. The fraction of sp³-hybridized carbons (Fsp3) is 0.444. The lowest BCUT2D eigenvalue weighted by atomic mass is 10.2. The minimum Gasteiger partial charge on any atom is -0.508 e. The Morgan fingerprint density at radius 2 is 1.48 bits per heavy atom. The van der Waals surface area contributed by atoms with Crippen LogP contribution in [-0.2, 0) is 9.47 Å². The van der Waals surface area contributed by atoms with Crippen LogP contribution in [-0.4, -0.2) is 84.0 Å². The lowest BCUT2D eigenvalue weighted by Gasteiger charge is -2.30. The number of aromatic nitrogens is 3. The van der Waals surface area contributed by atoms with E-state index in [1.54, 1.807) is 6.07 Å². The number of ether oxygens (including phenoxy) is 2. The molecule has 1 aromatic heterocycles. The van der Waals surface area contributed by atoms with Crippen molar-refractivity contribution < 1.29 is 19.7 Å². The van der Waals surface area contributed by atoms with Crippen molar-refractivity contribution in [2.24, 2.45) is 5.10 Å². The Morgan fingerprint density at radius 3 is 2.03 bits per heavy atom. The molecule has 154 valence electrons. The summed E-state index contributed by atoms with van der Waals surface area (Å²) in [5.41, 5.74) is 3.26. The summed E-state index contributed by atoms with van der Waals surface area (Å²) >= 11 is 0. The molecule has 0 amide bonds. The molecule has 3 N–H and O–H groups in total. The fourth-order valence-electron chi connectivity index (χ4n) is 3.01. The summed E-state index contributed by atoms with van der Waals surface area (Å²) in [4.78, 5) is 17.7. The van der Waals surface area contributed by atoms with E-state index < -0.39 is 0 Å². The SMILES string of the molecule is Oc1ccc(C=NNc2nc(N3CCOCC3)nc(N3CCOCC3)n2)c(O)c1. The Bertz CT molecular complexity index is 831. The molecule has 2 aromatic rings. The molecule has 2 fully saturated rings. The molecule has 0 bridgehead atoms. The minimum atomic E-state index is -0.0748. The number of rotatable bonds is 5. The van der Waals surface area contributed by atoms with Crippen molar-refractivity contribution in [2.45, 2.75) is 0 Å². The smallest absolute Gasteiger partial charge is 0.250 e. The molecule has 29 heavy (non-hydrogen) atoms. The van der Waals surface area contributed by atoms with Crippen LogP contribution in [0.5, 0.6) is 11.5 Å². The maximum absolute atomic E-state index is 9.86. The zero-order valence-corrected chi connectivity index (χ0v) is 15.9. The van der Waals surface area contributed by atoms with E-state index in [0.29, 0.717) is 76.0 Å². The van der Waals surface area contributed by atoms with Crippen molar-refractivity contribution >= 4 is 24.1 Å². The summed E-state index contributed by atoms with van der Waals surface area (Å²) in [6.45, 7) is 5.32. The third-order valence-corrected chi connectivity index (χ3v) is 4.58. The zero-order chi connectivity index (χ0) is 20.1. The van der Waals surface area contributed by atoms with Gasteiger partial charge in [-0.05, 0) is 12.1 Å². The highest BCUT2D eigenvalue weighted by molar-refractivity contribution is 5.84. The average molecular weight is 401 g/mol. The molecule has 0 unspecified atom stereocenters. The van der Waals surface area contributed by atoms with Crippen LogP contribution in [0.2, 0.25) is 0 Å². The average Bonchev–Trinajstić information content (AvgIpc) is 2.76. The Hall–Kier alpha value is -3.18. The first-order chi connectivity index (χ1) is 14.2. The van der Waals surface area contributed by atoms with E-state index in [9.17, 15) is 10.2 Å². The van der Waals surface area contributed by atoms with Crippen LogP contribution in [0, 0.1) is 0 Å². The van der Waals surface area contributed by atoms with E-state index in [4.69, 9.17) is 9.47 Å². The number of nitrogens with zero attached hydrogens (tertiary/aromatic N) is 6. The van der Waals surface area contributed by atoms with E-state index in [1.807, 2.05) is 0 Å². The van der Waals surface area contributed by atoms with E-state index in [0.717, 1.165) is 0 Å². The van der Waals surface area contributed by atoms with Crippen LogP contribution in [0.1, 0.15) is 5.56 Å². The molecule has 1 aromatic carbocycles. The first-order valence-corrected chi connectivity index (χ1v) is 9.41. The molecule has 11 nitrogen and oxygen atoms in total. The van der Waals surface area contributed by atoms with Crippen molar-refractivity contribution in [3.05, 3.63) is 23.8 Å². The predicted octanol–water partition coefficient (Wildman–Crippen LogP) is 0.402. The van der Waals surface area contributed by atoms with Crippen LogP contribution >= 0.6 is 0 Å². The van der Waals surface area contributed by atoms with Gasteiger partial charge < -0.3 is 29.5 Å². The quantitative estimate of drug-likeness (QED) is 0.478. The van der Waals surface area contributed by atoms with Gasteiger partial charge in [-0.3, -0.25) is 0 Å². The molecule has 0 radical (unpaired) electrons. The molecule has 4 rings (SSSR count). The molecular formula is C18H23N7O4. The third-order valence-electron chi connectivity index (χ3n) is 4.58. The maximum atomic E-state index is 9.86. The number of nitrogens with one attached hydrogen (secondary N) is 1. The van der Waals surface area contributed by atoms with Crippen LogP contribution in [0.3, 0.4) is 0 Å². The van der Waals surface area contributed by atoms with Crippen molar-refractivity contribution in [3.8, 4) is 11.5 Å². The number of hydrogen-bond acceptors (Lipinski definition) is 11. The normalized spacial score (nSPS) is 17.7. The number of phenolic OH excluding ortho intramolecular Hbond substituents is 2. The van der Waals surface area contributed by atoms with Crippen molar-refractivity contribution in [1.29, 1.82) is 0 Å². The van der Waals surface area contributed by atoms with Gasteiger partial charge in [-0.15, -0.1) is 0 Å². The van der Waals surface area contributed by atoms with Gasteiger partial charge in [-0.2, -0.15) is 20.1 Å². The molecular weight excluding hydrogens is 378 g/mol. The second-order valence-electron chi connectivity index (χ2n) is 6.57. The zero-order valence-electron chi connectivity index (χ0n) is 15.9. The Balaban J connectivity index is 1.56. The second-order valence-corrected chi connectivity index (χ2v) is 6.57. The first-order valence-electron chi connectivity index (χ1n) is 9.41. The van der Waals surface area contributed by atoms with Gasteiger partial charge in [0, 0.05) is 37.8 Å². The van der Waals surface area contributed by atoms with Gasteiger partial charge in [0.15, 0.2) is 0 Å². The van der Waals surface area contributed by atoms with Gasteiger partial charge in [-0.1, -0.05) is 0 Å². The number of phenols is 2. The van der Waals surface area contributed by atoms with Crippen molar-refractivity contribution in [2.75, 3.05) is 67.8 Å². The topological polar surface area (TPSA) is 128 Å². The number of aromatic hydroxyl groups is 2. The molecule has 2 saturated heterocycles. The molecule has 11 heteroatoms. The minimum absolute atomic E-state index is 0.0182. The number of morpholine rings is 2. The summed E-state index contributed by atoms with van der Waals surface area (Å²) in [6.07, 6.45) is 1.43. The van der Waals surface area contributed by atoms with Gasteiger partial charge in [0.25, 0.3) is 0 Å². The van der Waals surface area contributed by atoms with Crippen LogP contribution in [0.25, 0.3) is 0 Å². The van der Waals surface area contributed by atoms with E-state index >= 15 is 0 Å². The molecule has 2 aliphatic heterocycles. The Kier molecular flexibility index (Phi) is 5.86.